The Labute approximate surface area is 150 Å². The number of carbonyl (C=O) groups excluding carboxylic acids is 2. The van der Waals surface area contributed by atoms with Crippen LogP contribution in [0.1, 0.15) is 15.9 Å². The van der Waals surface area contributed by atoms with E-state index < -0.39 is 5.91 Å². The number of rotatable bonds is 6. The van der Waals surface area contributed by atoms with Gasteiger partial charge in [-0.1, -0.05) is 50.1 Å². The van der Waals surface area contributed by atoms with Crippen LogP contribution in [0, 0.1) is 0 Å². The molecule has 0 saturated carbocycles. The van der Waals surface area contributed by atoms with Gasteiger partial charge in [0.25, 0.3) is 5.91 Å². The molecule has 0 heterocycles. The minimum atomic E-state index is -0.600. The number of primary amides is 1. The number of hydrogen-bond donors (Lipinski definition) is 1. The number of ether oxygens (including phenoxy) is 1. The number of hydrogen-bond acceptors (Lipinski definition) is 3. The highest BCUT2D eigenvalue weighted by Gasteiger charge is 2.12. The molecular weight excluding hydrogens is 426 g/mol. The number of benzene rings is 2. The van der Waals surface area contributed by atoms with Crippen molar-refractivity contribution in [2.75, 3.05) is 6.61 Å². The summed E-state index contributed by atoms with van der Waals surface area (Å²) < 4.78 is 6.99. The maximum absolute atomic E-state index is 12.4. The molecule has 2 aromatic rings. The fourth-order valence-electron chi connectivity index (χ4n) is 1.81. The monoisotopic (exact) mass is 437 g/mol. The van der Waals surface area contributed by atoms with Crippen LogP contribution in [0.15, 0.2) is 57.5 Å². The molecule has 0 atom stereocenters. The quantitative estimate of drug-likeness (QED) is 0.547. The molecule has 4 nitrogen and oxygen atoms in total. The molecular formula is C17H13Br2NO3. The summed E-state index contributed by atoms with van der Waals surface area (Å²) in [6, 6.07) is 12.6. The topological polar surface area (TPSA) is 69.4 Å². The van der Waals surface area contributed by atoms with Crippen LogP contribution < -0.4 is 10.5 Å². The smallest absolute Gasteiger partial charge is 0.255 e. The Morgan fingerprint density at radius 1 is 1.04 bits per heavy atom. The highest BCUT2D eigenvalue weighted by atomic mass is 79.9. The van der Waals surface area contributed by atoms with Crippen molar-refractivity contribution in [3.05, 3.63) is 68.6 Å². The second kappa shape index (κ2) is 8.08. The first-order valence-electron chi connectivity index (χ1n) is 6.64. The van der Waals surface area contributed by atoms with Gasteiger partial charge < -0.3 is 10.5 Å². The summed E-state index contributed by atoms with van der Waals surface area (Å²) in [6.45, 7) is -0.279. The summed E-state index contributed by atoms with van der Waals surface area (Å²) in [4.78, 5) is 23.2. The van der Waals surface area contributed by atoms with Gasteiger partial charge in [0.05, 0.1) is 5.56 Å². The zero-order chi connectivity index (χ0) is 16.8. The second-order valence-corrected chi connectivity index (χ2v) is 6.48. The van der Waals surface area contributed by atoms with E-state index in [1.54, 1.807) is 24.3 Å². The van der Waals surface area contributed by atoms with E-state index in [4.69, 9.17) is 10.5 Å². The average Bonchev–Trinajstić information content (AvgIpc) is 2.52. The maximum Gasteiger partial charge on any atom is 0.255 e. The van der Waals surface area contributed by atoms with Gasteiger partial charge in [-0.15, -0.1) is 0 Å². The fourth-order valence-corrected chi connectivity index (χ4v) is 2.43. The Bertz CT molecular complexity index is 755. The van der Waals surface area contributed by atoms with Gasteiger partial charge in [-0.25, -0.2) is 0 Å². The molecule has 2 N–H and O–H groups in total. The van der Waals surface area contributed by atoms with Gasteiger partial charge in [-0.3, -0.25) is 9.59 Å². The van der Waals surface area contributed by atoms with Crippen LogP contribution in [0.2, 0.25) is 0 Å². The number of amides is 1. The minimum absolute atomic E-state index is 0.228. The fraction of sp³-hybridized carbons (Fsp3) is 0.0588. The average molecular weight is 439 g/mol. The second-order valence-electron chi connectivity index (χ2n) is 4.64. The highest BCUT2D eigenvalue weighted by molar-refractivity contribution is 9.10. The molecule has 0 bridgehead atoms. The van der Waals surface area contributed by atoms with E-state index >= 15 is 0 Å². The first-order valence-corrected chi connectivity index (χ1v) is 8.23. The standard InChI is InChI=1S/C17H13Br2NO3/c18-12-4-1-11(2-5-12)3-7-15(21)14-9-13(19)6-8-16(14)23-10-17(20)22/h1-9H,10H2,(H2,20,22)/b7-3+. The molecule has 0 radical (unpaired) electrons. The SMILES string of the molecule is NC(=O)COc1ccc(Br)cc1C(=O)/C=C/c1ccc(Br)cc1. The molecule has 1 amide bonds. The maximum atomic E-state index is 12.4. The Hall–Kier alpha value is -1.92. The van der Waals surface area contributed by atoms with Crippen LogP contribution in [-0.2, 0) is 4.79 Å². The zero-order valence-electron chi connectivity index (χ0n) is 12.0. The summed E-state index contributed by atoms with van der Waals surface area (Å²) in [6.07, 6.45) is 3.18. The molecule has 0 aliphatic rings. The van der Waals surface area contributed by atoms with E-state index in [0.717, 1.165) is 14.5 Å². The Balaban J connectivity index is 2.21. The lowest BCUT2D eigenvalue weighted by molar-refractivity contribution is -0.119. The van der Waals surface area contributed by atoms with Gasteiger partial charge >= 0.3 is 0 Å². The Kier molecular flexibility index (Phi) is 6.12. The summed E-state index contributed by atoms with van der Waals surface area (Å²) in [5.41, 5.74) is 6.32. The van der Waals surface area contributed by atoms with Crippen molar-refractivity contribution in [1.82, 2.24) is 0 Å². The minimum Gasteiger partial charge on any atom is -0.483 e. The van der Waals surface area contributed by atoms with Crippen molar-refractivity contribution >= 4 is 49.6 Å². The van der Waals surface area contributed by atoms with Gasteiger partial charge in [0, 0.05) is 8.95 Å². The summed E-state index contributed by atoms with van der Waals surface area (Å²) >= 11 is 6.68. The summed E-state index contributed by atoms with van der Waals surface area (Å²) in [5, 5.41) is 0. The molecule has 118 valence electrons. The first kappa shape index (κ1) is 17.4. The molecule has 0 aromatic heterocycles. The molecule has 0 aliphatic carbocycles. The van der Waals surface area contributed by atoms with E-state index in [1.165, 1.54) is 6.08 Å². The van der Waals surface area contributed by atoms with Gasteiger partial charge in [0.2, 0.25) is 0 Å². The van der Waals surface area contributed by atoms with Crippen LogP contribution in [-0.4, -0.2) is 18.3 Å². The van der Waals surface area contributed by atoms with E-state index in [1.807, 2.05) is 24.3 Å². The molecule has 0 unspecified atom stereocenters. The normalized spacial score (nSPS) is 10.7. The molecule has 0 fully saturated rings. The van der Waals surface area contributed by atoms with Gasteiger partial charge in [0.15, 0.2) is 12.4 Å². The van der Waals surface area contributed by atoms with Crippen LogP contribution in [0.25, 0.3) is 6.08 Å². The van der Waals surface area contributed by atoms with E-state index in [9.17, 15) is 9.59 Å². The number of halogens is 2. The molecule has 6 heteroatoms. The van der Waals surface area contributed by atoms with Gasteiger partial charge in [-0.2, -0.15) is 0 Å². The third kappa shape index (κ3) is 5.33. The van der Waals surface area contributed by atoms with Crippen molar-refractivity contribution in [3.8, 4) is 5.75 Å². The molecule has 2 rings (SSSR count). The van der Waals surface area contributed by atoms with Crippen LogP contribution in [0.5, 0.6) is 5.75 Å². The van der Waals surface area contributed by atoms with Crippen LogP contribution in [0.4, 0.5) is 0 Å². The molecule has 0 spiro atoms. The predicted octanol–water partition coefficient (Wildman–Crippen LogP) is 3.97. The number of nitrogens with two attached hydrogens (primary N) is 1. The Morgan fingerprint density at radius 3 is 2.35 bits per heavy atom. The van der Waals surface area contributed by atoms with Crippen molar-refractivity contribution in [3.63, 3.8) is 0 Å². The van der Waals surface area contributed by atoms with Crippen LogP contribution >= 0.6 is 31.9 Å². The number of allylic oxidation sites excluding steroid dienone is 1. The summed E-state index contributed by atoms with van der Waals surface area (Å²) in [5.74, 6) is -0.511. The Morgan fingerprint density at radius 2 is 1.70 bits per heavy atom. The summed E-state index contributed by atoms with van der Waals surface area (Å²) in [7, 11) is 0. The van der Waals surface area contributed by atoms with Gasteiger partial charge in [0.1, 0.15) is 5.75 Å². The largest absolute Gasteiger partial charge is 0.483 e. The molecule has 0 aliphatic heterocycles. The third-order valence-corrected chi connectivity index (χ3v) is 3.90. The lowest BCUT2D eigenvalue weighted by Gasteiger charge is -2.08. The lowest BCUT2D eigenvalue weighted by atomic mass is 10.1. The number of carbonyl (C=O) groups is 2. The van der Waals surface area contributed by atoms with Crippen molar-refractivity contribution in [2.24, 2.45) is 5.73 Å². The van der Waals surface area contributed by atoms with Crippen molar-refractivity contribution in [2.45, 2.75) is 0 Å². The molecule has 0 saturated heterocycles. The van der Waals surface area contributed by atoms with Gasteiger partial charge in [-0.05, 0) is 42.0 Å². The van der Waals surface area contributed by atoms with E-state index in [-0.39, 0.29) is 12.4 Å². The van der Waals surface area contributed by atoms with E-state index in [2.05, 4.69) is 31.9 Å². The highest BCUT2D eigenvalue weighted by Crippen LogP contribution is 2.24. The van der Waals surface area contributed by atoms with Crippen molar-refractivity contribution < 1.29 is 14.3 Å². The van der Waals surface area contributed by atoms with Crippen molar-refractivity contribution in [1.29, 1.82) is 0 Å². The third-order valence-electron chi connectivity index (χ3n) is 2.87. The van der Waals surface area contributed by atoms with Crippen LogP contribution in [0.3, 0.4) is 0 Å². The first-order chi connectivity index (χ1) is 11.0. The number of ketones is 1. The zero-order valence-corrected chi connectivity index (χ0v) is 15.1. The molecule has 2 aromatic carbocycles. The molecule has 23 heavy (non-hydrogen) atoms. The lowest BCUT2D eigenvalue weighted by Crippen LogP contribution is -2.20. The predicted molar refractivity (Wildman–Crippen MR) is 96.3 cm³/mol. The van der Waals surface area contributed by atoms with E-state index in [0.29, 0.717) is 11.3 Å².